The van der Waals surface area contributed by atoms with Gasteiger partial charge in [0.2, 0.25) is 0 Å². The first-order valence-corrected chi connectivity index (χ1v) is 12.7. The van der Waals surface area contributed by atoms with E-state index in [9.17, 15) is 19.7 Å². The van der Waals surface area contributed by atoms with Gasteiger partial charge in [-0.2, -0.15) is 5.06 Å². The molecular formula is C24H37Cl2N3O7. The van der Waals surface area contributed by atoms with Gasteiger partial charge in [-0.15, -0.1) is 23.2 Å². The van der Waals surface area contributed by atoms with E-state index >= 15 is 0 Å². The normalized spacial score (nSPS) is 12.8. The Bertz CT molecular complexity index is 849. The summed E-state index contributed by atoms with van der Waals surface area (Å²) in [5.41, 5.74) is -0.640. The number of halogens is 2. The van der Waals surface area contributed by atoms with Crippen LogP contribution in [0.2, 0.25) is 0 Å². The lowest BCUT2D eigenvalue weighted by molar-refractivity contribution is -0.385. The molecule has 1 atom stereocenters. The standard InChI is InChI=1S/C24H37Cl2N3O7/c1-23(2,3)35-21(30)15-19(27-22(31)36-24(4,5)6)14-18-13-17(7-8-20(18)29(32)33)16-34-28(11-9-25)12-10-26/h7-8,13,19H,9-12,14-16H2,1-6H3,(H,27,31)/t19-/m0/s1. The molecule has 0 aliphatic heterocycles. The zero-order valence-corrected chi connectivity index (χ0v) is 23.3. The highest BCUT2D eigenvalue weighted by atomic mass is 35.5. The molecule has 1 N–H and O–H groups in total. The maximum Gasteiger partial charge on any atom is 0.407 e. The molecule has 1 amide bonds. The van der Waals surface area contributed by atoms with E-state index in [1.807, 2.05) is 0 Å². The van der Waals surface area contributed by atoms with Gasteiger partial charge in [-0.3, -0.25) is 19.7 Å². The molecule has 0 heterocycles. The molecule has 0 aliphatic carbocycles. The van der Waals surface area contributed by atoms with Crippen LogP contribution in [0.3, 0.4) is 0 Å². The fourth-order valence-corrected chi connectivity index (χ4v) is 3.54. The molecule has 0 saturated heterocycles. The van der Waals surface area contributed by atoms with E-state index in [4.69, 9.17) is 37.5 Å². The molecule has 0 bridgehead atoms. The minimum Gasteiger partial charge on any atom is -0.460 e. The smallest absolute Gasteiger partial charge is 0.407 e. The van der Waals surface area contributed by atoms with E-state index in [1.54, 1.807) is 58.7 Å². The van der Waals surface area contributed by atoms with Crippen LogP contribution in [0.25, 0.3) is 0 Å². The van der Waals surface area contributed by atoms with Crippen molar-refractivity contribution in [2.75, 3.05) is 24.8 Å². The van der Waals surface area contributed by atoms with Gasteiger partial charge in [-0.05, 0) is 59.2 Å². The number of hydrogen-bond acceptors (Lipinski definition) is 8. The molecule has 204 valence electrons. The fourth-order valence-electron chi connectivity index (χ4n) is 3.16. The van der Waals surface area contributed by atoms with Crippen LogP contribution in [0.4, 0.5) is 10.5 Å². The lowest BCUT2D eigenvalue weighted by atomic mass is 9.99. The van der Waals surface area contributed by atoms with Gasteiger partial charge in [0.15, 0.2) is 0 Å². The van der Waals surface area contributed by atoms with Crippen LogP contribution in [0.1, 0.15) is 59.1 Å². The highest BCUT2D eigenvalue weighted by Crippen LogP contribution is 2.24. The number of hydrogen-bond donors (Lipinski definition) is 1. The first-order valence-electron chi connectivity index (χ1n) is 11.6. The Balaban J connectivity index is 3.17. The van der Waals surface area contributed by atoms with Crippen molar-refractivity contribution in [1.82, 2.24) is 10.4 Å². The van der Waals surface area contributed by atoms with Crippen molar-refractivity contribution >= 4 is 41.0 Å². The van der Waals surface area contributed by atoms with Crippen LogP contribution < -0.4 is 5.32 Å². The van der Waals surface area contributed by atoms with Gasteiger partial charge in [0.25, 0.3) is 5.69 Å². The molecule has 1 rings (SSSR count). The molecule has 10 nitrogen and oxygen atoms in total. The largest absolute Gasteiger partial charge is 0.460 e. The molecular weight excluding hydrogens is 513 g/mol. The number of ether oxygens (including phenoxy) is 2. The van der Waals surface area contributed by atoms with Gasteiger partial charge < -0.3 is 14.8 Å². The van der Waals surface area contributed by atoms with Crippen LogP contribution in [0, 0.1) is 10.1 Å². The van der Waals surface area contributed by atoms with Gasteiger partial charge in [0.05, 0.1) is 18.0 Å². The second-order valence-corrected chi connectivity index (χ2v) is 10.9. The third kappa shape index (κ3) is 13.2. The summed E-state index contributed by atoms with van der Waals surface area (Å²) in [4.78, 5) is 41.9. The van der Waals surface area contributed by atoms with Crippen molar-refractivity contribution in [2.24, 2.45) is 0 Å². The second-order valence-electron chi connectivity index (χ2n) is 10.1. The Labute approximate surface area is 222 Å². The predicted molar refractivity (Wildman–Crippen MR) is 138 cm³/mol. The Morgan fingerprint density at radius 3 is 2.14 bits per heavy atom. The number of esters is 1. The number of amides is 1. The third-order valence-corrected chi connectivity index (χ3v) is 4.78. The van der Waals surface area contributed by atoms with Crippen LogP contribution >= 0.6 is 23.2 Å². The summed E-state index contributed by atoms with van der Waals surface area (Å²) in [6.45, 7) is 11.4. The van der Waals surface area contributed by atoms with E-state index < -0.39 is 34.2 Å². The highest BCUT2D eigenvalue weighted by molar-refractivity contribution is 6.18. The molecule has 0 aromatic heterocycles. The predicted octanol–water partition coefficient (Wildman–Crippen LogP) is 4.97. The minimum atomic E-state index is -0.812. The van der Waals surface area contributed by atoms with Crippen LogP contribution in [0.15, 0.2) is 18.2 Å². The van der Waals surface area contributed by atoms with Gasteiger partial charge in [-0.1, -0.05) is 0 Å². The van der Waals surface area contributed by atoms with Crippen molar-refractivity contribution in [3.63, 3.8) is 0 Å². The first-order chi connectivity index (χ1) is 16.6. The molecule has 0 spiro atoms. The van der Waals surface area contributed by atoms with E-state index in [1.165, 1.54) is 6.07 Å². The van der Waals surface area contributed by atoms with E-state index in [0.29, 0.717) is 36.0 Å². The van der Waals surface area contributed by atoms with Gasteiger partial charge in [-0.25, -0.2) is 4.79 Å². The van der Waals surface area contributed by atoms with Crippen LogP contribution in [-0.2, 0) is 32.1 Å². The number of rotatable bonds is 13. The van der Waals surface area contributed by atoms with Crippen molar-refractivity contribution in [2.45, 2.75) is 78.2 Å². The molecule has 1 aromatic carbocycles. The molecule has 0 saturated carbocycles. The van der Waals surface area contributed by atoms with E-state index in [-0.39, 0.29) is 25.1 Å². The van der Waals surface area contributed by atoms with E-state index in [0.717, 1.165) is 0 Å². The quantitative estimate of drug-likeness (QED) is 0.158. The summed E-state index contributed by atoms with van der Waals surface area (Å²) in [7, 11) is 0. The molecule has 12 heteroatoms. The molecule has 0 radical (unpaired) electrons. The van der Waals surface area contributed by atoms with Crippen LogP contribution in [-0.4, -0.2) is 64.1 Å². The number of carbonyl (C=O) groups excluding carboxylic acids is 2. The number of nitro benzene ring substituents is 1. The van der Waals surface area contributed by atoms with Crippen molar-refractivity contribution in [1.29, 1.82) is 0 Å². The van der Waals surface area contributed by atoms with Crippen molar-refractivity contribution in [3.8, 4) is 0 Å². The topological polar surface area (TPSA) is 120 Å². The van der Waals surface area contributed by atoms with E-state index in [2.05, 4.69) is 5.32 Å². The van der Waals surface area contributed by atoms with Crippen molar-refractivity contribution in [3.05, 3.63) is 39.4 Å². The third-order valence-electron chi connectivity index (χ3n) is 4.44. The number of alkyl halides is 2. The first kappa shape index (κ1) is 31.9. The number of carbonyl (C=O) groups is 2. The SMILES string of the molecule is CC(C)(C)OC(=O)C[C@H](Cc1cc(CON(CCCl)CCCl)ccc1[N+](=O)[O-])NC(=O)OC(C)(C)C. The van der Waals surface area contributed by atoms with Crippen LogP contribution in [0.5, 0.6) is 0 Å². The Morgan fingerprint density at radius 1 is 1.06 bits per heavy atom. The Kier molecular flexibility index (Phi) is 12.9. The lowest BCUT2D eigenvalue weighted by Gasteiger charge is -2.25. The molecule has 0 aliphatic rings. The van der Waals surface area contributed by atoms with Gasteiger partial charge >= 0.3 is 12.1 Å². The maximum atomic E-state index is 12.5. The average Bonchev–Trinajstić information content (AvgIpc) is 2.69. The number of benzene rings is 1. The average molecular weight is 550 g/mol. The number of nitro groups is 1. The minimum absolute atomic E-state index is 0.00425. The monoisotopic (exact) mass is 549 g/mol. The van der Waals surface area contributed by atoms with Crippen molar-refractivity contribution < 1.29 is 28.8 Å². The molecule has 1 aromatic rings. The Hall–Kier alpha value is -2.14. The lowest BCUT2D eigenvalue weighted by Crippen LogP contribution is -2.42. The second kappa shape index (κ2) is 14.6. The highest BCUT2D eigenvalue weighted by Gasteiger charge is 2.27. The molecule has 0 fully saturated rings. The number of nitrogens with one attached hydrogen (secondary N) is 1. The summed E-state index contributed by atoms with van der Waals surface area (Å²) in [6, 6.07) is 3.77. The van der Waals surface area contributed by atoms with Gasteiger partial charge in [0, 0.05) is 48.9 Å². The summed E-state index contributed by atoms with van der Waals surface area (Å²) in [5.74, 6) is 0.152. The molecule has 0 unspecified atom stereocenters. The zero-order chi connectivity index (χ0) is 27.5. The summed E-state index contributed by atoms with van der Waals surface area (Å²) < 4.78 is 10.7. The summed E-state index contributed by atoms with van der Waals surface area (Å²) >= 11 is 11.6. The maximum absolute atomic E-state index is 12.5. The summed E-state index contributed by atoms with van der Waals surface area (Å²) in [6.07, 6.45) is -0.945. The van der Waals surface area contributed by atoms with Gasteiger partial charge in [0.1, 0.15) is 11.2 Å². The number of hydroxylamine groups is 2. The fraction of sp³-hybridized carbons (Fsp3) is 0.667. The molecule has 36 heavy (non-hydrogen) atoms. The summed E-state index contributed by atoms with van der Waals surface area (Å²) in [5, 5.41) is 16.0. The Morgan fingerprint density at radius 2 is 1.64 bits per heavy atom. The number of alkyl carbamates (subject to hydrolysis) is 1. The zero-order valence-electron chi connectivity index (χ0n) is 21.8. The number of nitrogens with zero attached hydrogens (tertiary/aromatic N) is 2.